The first-order chi connectivity index (χ1) is 13.3. The zero-order valence-electron chi connectivity index (χ0n) is 17.5. The number of rotatable bonds is 18. The molecule has 0 aliphatic heterocycles. The van der Waals surface area contributed by atoms with Gasteiger partial charge in [-0.15, -0.1) is 0 Å². The standard InChI is InChI=1S/C20H40NO5PS/c1-3-4-5-6-7-8-9-10-11-12-13-14-15-16-20(23)19(21-18(2)22)17-26-27(24,25)28/h15-16,19-20,23H,3-14,17H2,1-2H3,(H,21,22)(H2,24,25,28)/b16-15+/t19-,20+/m0/s1. The molecule has 166 valence electrons. The van der Waals surface area contributed by atoms with Crippen LogP contribution in [0.1, 0.15) is 90.9 Å². The summed E-state index contributed by atoms with van der Waals surface area (Å²) in [5.74, 6) is -0.337. The van der Waals surface area contributed by atoms with Crippen molar-refractivity contribution in [2.45, 2.75) is 103 Å². The van der Waals surface area contributed by atoms with Crippen LogP contribution in [-0.2, 0) is 21.1 Å². The molecular weight excluding hydrogens is 397 g/mol. The van der Waals surface area contributed by atoms with Crippen molar-refractivity contribution in [1.82, 2.24) is 5.32 Å². The number of carbonyl (C=O) groups is 1. The Kier molecular flexibility index (Phi) is 17.4. The Hall–Kier alpha value is -0.300. The van der Waals surface area contributed by atoms with Gasteiger partial charge in [-0.1, -0.05) is 83.3 Å². The van der Waals surface area contributed by atoms with Crippen molar-refractivity contribution in [2.75, 3.05) is 6.61 Å². The average molecular weight is 438 g/mol. The first kappa shape index (κ1) is 27.7. The average Bonchev–Trinajstić information content (AvgIpc) is 2.61. The highest BCUT2D eigenvalue weighted by atomic mass is 32.5. The summed E-state index contributed by atoms with van der Waals surface area (Å²) < 4.78 is 4.76. The van der Waals surface area contributed by atoms with E-state index in [0.29, 0.717) is 0 Å². The second kappa shape index (κ2) is 17.5. The fourth-order valence-electron chi connectivity index (χ4n) is 2.96. The van der Waals surface area contributed by atoms with Crippen molar-refractivity contribution in [3.8, 4) is 0 Å². The number of nitrogens with one attached hydrogen (secondary N) is 1. The molecule has 0 radical (unpaired) electrons. The van der Waals surface area contributed by atoms with Crippen LogP contribution in [0.4, 0.5) is 0 Å². The molecule has 4 N–H and O–H groups in total. The molecule has 0 aromatic heterocycles. The molecule has 0 aromatic rings. The monoisotopic (exact) mass is 437 g/mol. The fraction of sp³-hybridized carbons (Fsp3) is 0.850. The highest BCUT2D eigenvalue weighted by Crippen LogP contribution is 2.36. The van der Waals surface area contributed by atoms with Crippen molar-refractivity contribution in [3.63, 3.8) is 0 Å². The summed E-state index contributed by atoms with van der Waals surface area (Å²) in [7, 11) is 0. The quantitative estimate of drug-likeness (QED) is 0.145. The summed E-state index contributed by atoms with van der Waals surface area (Å²) in [5.41, 5.74) is 0. The highest BCUT2D eigenvalue weighted by molar-refractivity contribution is 8.06. The Balaban J connectivity index is 3.84. The Morgan fingerprint density at radius 2 is 1.54 bits per heavy atom. The number of allylic oxidation sites excluding steroid dienone is 1. The SMILES string of the molecule is CCCCCCCCCCCCC/C=C/[C@@H](O)[C@H](COP(O)(O)=S)NC(C)=O. The molecular formula is C20H40NO5PS. The summed E-state index contributed by atoms with van der Waals surface area (Å²) in [6.07, 6.45) is 17.6. The lowest BCUT2D eigenvalue weighted by Gasteiger charge is -2.22. The number of hydrogen-bond acceptors (Lipinski definition) is 4. The molecule has 0 saturated carbocycles. The van der Waals surface area contributed by atoms with E-state index in [1.165, 1.54) is 71.1 Å². The Labute approximate surface area is 176 Å². The zero-order chi connectivity index (χ0) is 21.3. The maximum Gasteiger partial charge on any atom is 0.321 e. The summed E-state index contributed by atoms with van der Waals surface area (Å²) >= 11 is 4.39. The smallest absolute Gasteiger partial charge is 0.321 e. The molecule has 0 aliphatic rings. The Bertz CT molecular complexity index is 470. The van der Waals surface area contributed by atoms with Crippen molar-refractivity contribution < 1.29 is 24.2 Å². The minimum atomic E-state index is -3.82. The molecule has 1 amide bonds. The van der Waals surface area contributed by atoms with Gasteiger partial charge < -0.3 is 24.7 Å². The van der Waals surface area contributed by atoms with E-state index in [4.69, 9.17) is 14.3 Å². The molecule has 0 rings (SSSR count). The lowest BCUT2D eigenvalue weighted by Crippen LogP contribution is -2.44. The van der Waals surface area contributed by atoms with Crippen LogP contribution in [0.25, 0.3) is 0 Å². The molecule has 0 unspecified atom stereocenters. The molecule has 0 aliphatic carbocycles. The largest absolute Gasteiger partial charge is 0.387 e. The van der Waals surface area contributed by atoms with Gasteiger partial charge in [0.25, 0.3) is 0 Å². The first-order valence-electron chi connectivity index (χ1n) is 10.6. The Morgan fingerprint density at radius 3 is 2.00 bits per heavy atom. The summed E-state index contributed by atoms with van der Waals surface area (Å²) in [4.78, 5) is 29.5. The highest BCUT2D eigenvalue weighted by Gasteiger charge is 2.21. The predicted molar refractivity (Wildman–Crippen MR) is 119 cm³/mol. The van der Waals surface area contributed by atoms with E-state index < -0.39 is 18.9 Å². The number of hydrogen-bond donors (Lipinski definition) is 4. The summed E-state index contributed by atoms with van der Waals surface area (Å²) in [5, 5.41) is 12.7. The third-order valence-electron chi connectivity index (χ3n) is 4.53. The Morgan fingerprint density at radius 1 is 1.04 bits per heavy atom. The minimum Gasteiger partial charge on any atom is -0.387 e. The topological polar surface area (TPSA) is 99.0 Å². The molecule has 2 atom stereocenters. The molecule has 28 heavy (non-hydrogen) atoms. The maximum atomic E-state index is 11.2. The van der Waals surface area contributed by atoms with Gasteiger partial charge in [-0.25, -0.2) is 0 Å². The van der Waals surface area contributed by atoms with E-state index in [0.717, 1.165) is 12.8 Å². The number of aliphatic hydroxyl groups is 1. The molecule has 8 heteroatoms. The van der Waals surface area contributed by atoms with Gasteiger partial charge in [0, 0.05) is 6.92 Å². The number of carbonyl (C=O) groups excluding carboxylic acids is 1. The number of aliphatic hydroxyl groups excluding tert-OH is 1. The zero-order valence-corrected chi connectivity index (χ0v) is 19.2. The molecule has 6 nitrogen and oxygen atoms in total. The van der Waals surface area contributed by atoms with E-state index in [2.05, 4.69) is 24.0 Å². The minimum absolute atomic E-state index is 0.256. The van der Waals surface area contributed by atoms with Crippen LogP contribution in [0, 0.1) is 0 Å². The number of unbranched alkanes of at least 4 members (excludes halogenated alkanes) is 11. The van der Waals surface area contributed by atoms with E-state index in [1.807, 2.05) is 6.08 Å². The van der Waals surface area contributed by atoms with E-state index in [9.17, 15) is 9.90 Å². The van der Waals surface area contributed by atoms with Crippen LogP contribution >= 0.6 is 6.72 Å². The van der Waals surface area contributed by atoms with E-state index in [-0.39, 0.29) is 12.5 Å². The van der Waals surface area contributed by atoms with Crippen LogP contribution in [0.3, 0.4) is 0 Å². The van der Waals surface area contributed by atoms with Crippen LogP contribution in [-0.4, -0.2) is 39.6 Å². The molecule has 0 saturated heterocycles. The van der Waals surface area contributed by atoms with Gasteiger partial charge in [0.2, 0.25) is 5.91 Å². The van der Waals surface area contributed by atoms with Crippen molar-refractivity contribution in [1.29, 1.82) is 0 Å². The van der Waals surface area contributed by atoms with Crippen molar-refractivity contribution in [3.05, 3.63) is 12.2 Å². The van der Waals surface area contributed by atoms with Gasteiger partial charge in [0.1, 0.15) is 0 Å². The third-order valence-corrected chi connectivity index (χ3v) is 5.33. The third kappa shape index (κ3) is 19.0. The number of amides is 1. The predicted octanol–water partition coefficient (Wildman–Crippen LogP) is 4.34. The second-order valence-electron chi connectivity index (χ2n) is 7.34. The molecule has 0 heterocycles. The summed E-state index contributed by atoms with van der Waals surface area (Å²) in [6.45, 7) is -0.508. The molecule has 0 spiro atoms. The van der Waals surface area contributed by atoms with Gasteiger partial charge in [-0.05, 0) is 24.6 Å². The normalized spacial score (nSPS) is 14.3. The van der Waals surface area contributed by atoms with Gasteiger partial charge >= 0.3 is 6.72 Å². The van der Waals surface area contributed by atoms with Crippen LogP contribution in [0.15, 0.2) is 12.2 Å². The lowest BCUT2D eigenvalue weighted by molar-refractivity contribution is -0.120. The molecule has 0 fully saturated rings. The lowest BCUT2D eigenvalue weighted by atomic mass is 10.0. The maximum absolute atomic E-state index is 11.2. The summed E-state index contributed by atoms with van der Waals surface area (Å²) in [6, 6.07) is -0.771. The van der Waals surface area contributed by atoms with Crippen LogP contribution in [0.2, 0.25) is 0 Å². The van der Waals surface area contributed by atoms with Gasteiger partial charge in [0.05, 0.1) is 18.8 Å². The van der Waals surface area contributed by atoms with Gasteiger partial charge in [-0.2, -0.15) is 0 Å². The molecule has 0 bridgehead atoms. The van der Waals surface area contributed by atoms with Gasteiger partial charge in [-0.3, -0.25) is 4.79 Å². The van der Waals surface area contributed by atoms with Crippen LogP contribution in [0.5, 0.6) is 0 Å². The van der Waals surface area contributed by atoms with Gasteiger partial charge in [0.15, 0.2) is 0 Å². The molecule has 0 aromatic carbocycles. The van der Waals surface area contributed by atoms with Crippen molar-refractivity contribution >= 4 is 24.4 Å². The second-order valence-corrected chi connectivity index (χ2v) is 10.0. The van der Waals surface area contributed by atoms with E-state index in [1.54, 1.807) is 6.08 Å². The van der Waals surface area contributed by atoms with Crippen molar-refractivity contribution in [2.24, 2.45) is 0 Å². The first-order valence-corrected chi connectivity index (χ1v) is 13.2. The fourth-order valence-corrected chi connectivity index (χ4v) is 3.50. The van der Waals surface area contributed by atoms with Crippen LogP contribution < -0.4 is 5.32 Å². The van der Waals surface area contributed by atoms with E-state index >= 15 is 0 Å².